The summed E-state index contributed by atoms with van der Waals surface area (Å²) < 4.78 is 36.8. The summed E-state index contributed by atoms with van der Waals surface area (Å²) in [6, 6.07) is 12.8. The molecule has 0 aromatic heterocycles. The molecule has 2 aromatic carbocycles. The smallest absolute Gasteiger partial charge is 0.306 e. The van der Waals surface area contributed by atoms with Gasteiger partial charge in [-0.1, -0.05) is 23.7 Å². The predicted molar refractivity (Wildman–Crippen MR) is 111 cm³/mol. The second-order valence-corrected chi connectivity index (χ2v) is 9.13. The number of hydrogen-bond acceptors (Lipinski definition) is 6. The lowest BCUT2D eigenvalue weighted by atomic mass is 10.1. The van der Waals surface area contributed by atoms with Crippen molar-refractivity contribution in [2.75, 3.05) is 32.9 Å². The van der Waals surface area contributed by atoms with Crippen molar-refractivity contribution >= 4 is 33.4 Å². The fraction of sp³-hybridized carbons (Fsp3) is 0.333. The number of morpholine rings is 1. The molecule has 2 aromatic rings. The number of rotatable bonds is 8. The molecule has 1 fully saturated rings. The molecule has 0 N–H and O–H groups in total. The number of halogens is 1. The van der Waals surface area contributed by atoms with Gasteiger partial charge in [-0.15, -0.1) is 0 Å². The Morgan fingerprint density at radius 2 is 1.63 bits per heavy atom. The molecule has 1 saturated heterocycles. The van der Waals surface area contributed by atoms with E-state index in [0.717, 1.165) is 5.56 Å². The van der Waals surface area contributed by atoms with E-state index in [1.165, 1.54) is 16.4 Å². The highest BCUT2D eigenvalue weighted by Gasteiger charge is 2.26. The second-order valence-electron chi connectivity index (χ2n) is 6.75. The summed E-state index contributed by atoms with van der Waals surface area (Å²) in [5.41, 5.74) is 1.22. The Morgan fingerprint density at radius 3 is 2.27 bits per heavy atom. The zero-order valence-corrected chi connectivity index (χ0v) is 17.8. The molecule has 9 heteroatoms. The maximum atomic E-state index is 12.6. The predicted octanol–water partition coefficient (Wildman–Crippen LogP) is 2.72. The van der Waals surface area contributed by atoms with Gasteiger partial charge in [-0.25, -0.2) is 8.42 Å². The summed E-state index contributed by atoms with van der Waals surface area (Å²) in [6.45, 7) is 1.12. The van der Waals surface area contributed by atoms with Gasteiger partial charge < -0.3 is 9.47 Å². The van der Waals surface area contributed by atoms with Crippen LogP contribution in [0.4, 0.5) is 0 Å². The van der Waals surface area contributed by atoms with Gasteiger partial charge in [0.05, 0.1) is 18.1 Å². The van der Waals surface area contributed by atoms with E-state index in [1.54, 1.807) is 36.4 Å². The van der Waals surface area contributed by atoms with Crippen LogP contribution < -0.4 is 0 Å². The van der Waals surface area contributed by atoms with Crippen molar-refractivity contribution in [3.8, 4) is 0 Å². The van der Waals surface area contributed by atoms with Crippen LogP contribution in [0.1, 0.15) is 22.3 Å². The number of sulfonamides is 1. The lowest BCUT2D eigenvalue weighted by Crippen LogP contribution is -2.40. The second kappa shape index (κ2) is 10.2. The van der Waals surface area contributed by atoms with Crippen molar-refractivity contribution in [3.05, 3.63) is 64.7 Å². The van der Waals surface area contributed by atoms with Crippen LogP contribution in [0.2, 0.25) is 5.02 Å². The van der Waals surface area contributed by atoms with E-state index in [2.05, 4.69) is 0 Å². The first-order chi connectivity index (χ1) is 14.4. The number of carbonyl (C=O) groups is 2. The molecule has 0 radical (unpaired) electrons. The largest absolute Gasteiger partial charge is 0.457 e. The van der Waals surface area contributed by atoms with Gasteiger partial charge >= 0.3 is 5.97 Å². The number of esters is 1. The maximum absolute atomic E-state index is 12.6. The first-order valence-electron chi connectivity index (χ1n) is 9.47. The SMILES string of the molecule is O=C(CCc1ccc(S(=O)(=O)N2CCOCC2)cc1)OCC(=O)c1ccc(Cl)cc1. The van der Waals surface area contributed by atoms with E-state index < -0.39 is 16.0 Å². The average Bonchev–Trinajstić information content (AvgIpc) is 2.77. The normalized spacial score (nSPS) is 15.0. The summed E-state index contributed by atoms with van der Waals surface area (Å²) in [7, 11) is -3.54. The molecule has 160 valence electrons. The number of nitrogens with zero attached hydrogens (tertiary/aromatic N) is 1. The van der Waals surface area contributed by atoms with Gasteiger partial charge in [-0.05, 0) is 48.4 Å². The van der Waals surface area contributed by atoms with Crippen LogP contribution in [-0.4, -0.2) is 57.4 Å². The molecule has 0 bridgehead atoms. The maximum Gasteiger partial charge on any atom is 0.306 e. The van der Waals surface area contributed by atoms with E-state index >= 15 is 0 Å². The molecule has 0 saturated carbocycles. The lowest BCUT2D eigenvalue weighted by molar-refractivity contribution is -0.142. The third-order valence-electron chi connectivity index (χ3n) is 4.68. The topological polar surface area (TPSA) is 90.0 Å². The third kappa shape index (κ3) is 5.89. The number of carbonyl (C=O) groups excluding carboxylic acids is 2. The molecule has 1 heterocycles. The van der Waals surface area contributed by atoms with Gasteiger partial charge in [-0.3, -0.25) is 9.59 Å². The van der Waals surface area contributed by atoms with E-state index in [4.69, 9.17) is 21.1 Å². The zero-order valence-electron chi connectivity index (χ0n) is 16.3. The van der Waals surface area contributed by atoms with Crippen LogP contribution in [0.15, 0.2) is 53.4 Å². The van der Waals surface area contributed by atoms with E-state index in [-0.39, 0.29) is 23.7 Å². The van der Waals surface area contributed by atoms with Gasteiger partial charge in [-0.2, -0.15) is 4.31 Å². The van der Waals surface area contributed by atoms with Crippen molar-refractivity contribution in [1.82, 2.24) is 4.31 Å². The molecule has 0 unspecified atom stereocenters. The minimum absolute atomic E-state index is 0.0868. The van der Waals surface area contributed by atoms with Gasteiger partial charge in [0.25, 0.3) is 0 Å². The quantitative estimate of drug-likeness (QED) is 0.453. The summed E-state index contributed by atoms with van der Waals surface area (Å²) in [5.74, 6) is -0.806. The highest BCUT2D eigenvalue weighted by atomic mass is 35.5. The van der Waals surface area contributed by atoms with E-state index in [9.17, 15) is 18.0 Å². The van der Waals surface area contributed by atoms with Crippen LogP contribution in [0.5, 0.6) is 0 Å². The van der Waals surface area contributed by atoms with Crippen molar-refractivity contribution in [2.24, 2.45) is 0 Å². The lowest BCUT2D eigenvalue weighted by Gasteiger charge is -2.26. The van der Waals surface area contributed by atoms with Gasteiger partial charge in [0.15, 0.2) is 12.4 Å². The molecule has 0 aliphatic carbocycles. The van der Waals surface area contributed by atoms with E-state index in [1.807, 2.05) is 0 Å². The third-order valence-corrected chi connectivity index (χ3v) is 6.84. The van der Waals surface area contributed by atoms with Crippen LogP contribution in [0, 0.1) is 0 Å². The molecule has 1 aliphatic heterocycles. The molecule has 0 amide bonds. The zero-order chi connectivity index (χ0) is 21.6. The Kier molecular flexibility index (Phi) is 7.60. The standard InChI is InChI=1S/C21H22ClNO6S/c22-18-6-4-17(5-7-18)20(24)15-29-21(25)10-3-16-1-8-19(9-2-16)30(26,27)23-11-13-28-14-12-23/h1-2,4-9H,3,10-15H2. The summed E-state index contributed by atoms with van der Waals surface area (Å²) in [6.07, 6.45) is 0.468. The number of benzene rings is 2. The molecular weight excluding hydrogens is 430 g/mol. The van der Waals surface area contributed by atoms with Crippen LogP contribution in [0.3, 0.4) is 0 Å². The Labute approximate surface area is 180 Å². The van der Waals surface area contributed by atoms with Gasteiger partial charge in [0.1, 0.15) is 0 Å². The van der Waals surface area contributed by atoms with Crippen molar-refractivity contribution in [2.45, 2.75) is 17.7 Å². The monoisotopic (exact) mass is 451 g/mol. The molecule has 30 heavy (non-hydrogen) atoms. The number of ketones is 1. The summed E-state index contributed by atoms with van der Waals surface area (Å²) >= 11 is 5.78. The number of aryl methyl sites for hydroxylation is 1. The summed E-state index contributed by atoms with van der Waals surface area (Å²) in [5, 5.41) is 0.521. The first-order valence-corrected chi connectivity index (χ1v) is 11.3. The fourth-order valence-electron chi connectivity index (χ4n) is 2.95. The van der Waals surface area contributed by atoms with E-state index in [0.29, 0.717) is 43.3 Å². The fourth-order valence-corrected chi connectivity index (χ4v) is 4.48. The van der Waals surface area contributed by atoms with Crippen molar-refractivity contribution in [3.63, 3.8) is 0 Å². The van der Waals surface area contributed by atoms with Crippen LogP contribution >= 0.6 is 11.6 Å². The number of hydrogen-bond donors (Lipinski definition) is 0. The number of Topliss-reactive ketones (excluding diaryl/α,β-unsaturated/α-hetero) is 1. The van der Waals surface area contributed by atoms with Crippen LogP contribution in [0.25, 0.3) is 0 Å². The molecule has 1 aliphatic rings. The molecule has 0 atom stereocenters. The van der Waals surface area contributed by atoms with Crippen LogP contribution in [-0.2, 0) is 30.7 Å². The minimum atomic E-state index is -3.54. The Balaban J connectivity index is 1.48. The molecule has 3 rings (SSSR count). The Hall–Kier alpha value is -2.26. The minimum Gasteiger partial charge on any atom is -0.457 e. The first kappa shape index (κ1) is 22.4. The molecule has 7 nitrogen and oxygen atoms in total. The highest BCUT2D eigenvalue weighted by molar-refractivity contribution is 7.89. The Morgan fingerprint density at radius 1 is 1.00 bits per heavy atom. The van der Waals surface area contributed by atoms with Crippen molar-refractivity contribution < 1.29 is 27.5 Å². The highest BCUT2D eigenvalue weighted by Crippen LogP contribution is 2.18. The molecular formula is C21H22ClNO6S. The summed E-state index contributed by atoms with van der Waals surface area (Å²) in [4.78, 5) is 24.1. The Bertz CT molecular complexity index is 983. The average molecular weight is 452 g/mol. The van der Waals surface area contributed by atoms with Gasteiger partial charge in [0.2, 0.25) is 10.0 Å². The number of ether oxygens (including phenoxy) is 2. The molecule has 0 spiro atoms. The van der Waals surface area contributed by atoms with Crippen molar-refractivity contribution in [1.29, 1.82) is 0 Å². The van der Waals surface area contributed by atoms with Gasteiger partial charge in [0, 0.05) is 30.1 Å².